The first-order valence-corrected chi connectivity index (χ1v) is 9.63. The predicted octanol–water partition coefficient (Wildman–Crippen LogP) is -0.193. The maximum Gasteiger partial charge on any atom is 0.323 e. The van der Waals surface area contributed by atoms with Crippen molar-refractivity contribution in [1.82, 2.24) is 16.1 Å². The highest BCUT2D eigenvalue weighted by Gasteiger charge is 2.34. The van der Waals surface area contributed by atoms with Crippen LogP contribution in [0, 0.1) is 0 Å². The van der Waals surface area contributed by atoms with E-state index in [1.807, 2.05) is 19.1 Å². The van der Waals surface area contributed by atoms with Gasteiger partial charge in [0.1, 0.15) is 12.1 Å². The number of hydrogen-bond acceptors (Lipinski definition) is 7. The van der Waals surface area contributed by atoms with Crippen LogP contribution in [0.5, 0.6) is 0 Å². The standard InChI is InChI=1S/C19H29N5O5/c1-2-3-8-22-18(26)17(16(21)19(27)28)23-15(25)10-13-9-14(24-29-13)11-4-6-12(20)7-5-11/h4-7,13-14,16-17,24H,2-3,8-10,20-21H2,1H3,(H,22,26)(H,23,25)(H,27,28)/t13-,14+,16?,17?/m1/s1. The molecule has 0 saturated carbocycles. The normalized spacial score (nSPS) is 20.6. The molecule has 2 amide bonds. The van der Waals surface area contributed by atoms with E-state index in [1.165, 1.54) is 0 Å². The number of rotatable bonds is 10. The Kier molecular flexibility index (Phi) is 8.37. The molecule has 1 saturated heterocycles. The number of carbonyl (C=O) groups is 3. The van der Waals surface area contributed by atoms with Crippen LogP contribution in [0.25, 0.3) is 0 Å². The zero-order chi connectivity index (χ0) is 21.4. The summed E-state index contributed by atoms with van der Waals surface area (Å²) in [6, 6.07) is 4.31. The SMILES string of the molecule is CCCCNC(=O)C(NC(=O)C[C@H]1C[C@@H](c2ccc(N)cc2)NO1)C(N)C(=O)O. The Balaban J connectivity index is 1.91. The fourth-order valence-corrected chi connectivity index (χ4v) is 2.99. The average Bonchev–Trinajstić information content (AvgIpc) is 3.14. The minimum atomic E-state index is -1.55. The van der Waals surface area contributed by atoms with Crippen LogP contribution >= 0.6 is 0 Å². The second-order valence-corrected chi connectivity index (χ2v) is 7.07. The highest BCUT2D eigenvalue weighted by atomic mass is 16.7. The van der Waals surface area contributed by atoms with Crippen LogP contribution in [-0.2, 0) is 19.2 Å². The predicted molar refractivity (Wildman–Crippen MR) is 106 cm³/mol. The molecule has 0 bridgehead atoms. The van der Waals surface area contributed by atoms with Crippen molar-refractivity contribution in [3.8, 4) is 0 Å². The number of nitrogens with one attached hydrogen (secondary N) is 3. The number of amides is 2. The number of benzene rings is 1. The Morgan fingerprint density at radius 1 is 1.31 bits per heavy atom. The minimum absolute atomic E-state index is 0.0381. The third-order valence-corrected chi connectivity index (χ3v) is 4.70. The van der Waals surface area contributed by atoms with Crippen LogP contribution in [0.2, 0.25) is 0 Å². The quantitative estimate of drug-likeness (QED) is 0.229. The maximum atomic E-state index is 12.4. The Morgan fingerprint density at radius 3 is 2.62 bits per heavy atom. The summed E-state index contributed by atoms with van der Waals surface area (Å²) in [5, 5.41) is 14.2. The molecule has 0 spiro atoms. The van der Waals surface area contributed by atoms with Gasteiger partial charge in [-0.15, -0.1) is 0 Å². The minimum Gasteiger partial charge on any atom is -0.480 e. The molecule has 0 aliphatic carbocycles. The average molecular weight is 407 g/mol. The van der Waals surface area contributed by atoms with Crippen molar-refractivity contribution in [3.63, 3.8) is 0 Å². The Labute approximate surface area is 169 Å². The monoisotopic (exact) mass is 407 g/mol. The molecule has 1 aliphatic heterocycles. The molecule has 0 aromatic heterocycles. The van der Waals surface area contributed by atoms with Gasteiger partial charge in [0.05, 0.1) is 18.6 Å². The number of hydroxylamine groups is 1. The van der Waals surface area contributed by atoms with E-state index in [1.54, 1.807) is 12.1 Å². The summed E-state index contributed by atoms with van der Waals surface area (Å²) in [6.07, 6.45) is 1.67. The number of aliphatic carboxylic acids is 1. The van der Waals surface area contributed by atoms with Crippen molar-refractivity contribution < 1.29 is 24.3 Å². The first-order chi connectivity index (χ1) is 13.8. The number of carboxylic acids is 1. The summed E-state index contributed by atoms with van der Waals surface area (Å²) < 4.78 is 0. The highest BCUT2D eigenvalue weighted by Crippen LogP contribution is 2.27. The fourth-order valence-electron chi connectivity index (χ4n) is 2.99. The lowest BCUT2D eigenvalue weighted by Crippen LogP contribution is -2.59. The van der Waals surface area contributed by atoms with Crippen LogP contribution < -0.4 is 27.6 Å². The van der Waals surface area contributed by atoms with Gasteiger partial charge in [-0.2, -0.15) is 5.48 Å². The molecule has 2 rings (SSSR count). The molecule has 160 valence electrons. The zero-order valence-electron chi connectivity index (χ0n) is 16.4. The molecule has 1 aromatic carbocycles. The molecule has 1 fully saturated rings. The third kappa shape index (κ3) is 6.70. The lowest BCUT2D eigenvalue weighted by molar-refractivity contribution is -0.142. The summed E-state index contributed by atoms with van der Waals surface area (Å²) in [5.41, 5.74) is 15.8. The number of hydrogen-bond donors (Lipinski definition) is 6. The molecule has 1 aromatic rings. The second kappa shape index (κ2) is 10.7. The Morgan fingerprint density at radius 2 is 2.00 bits per heavy atom. The number of nitrogens with two attached hydrogens (primary N) is 2. The summed E-state index contributed by atoms with van der Waals surface area (Å²) in [6.45, 7) is 2.34. The molecular formula is C19H29N5O5. The van der Waals surface area contributed by atoms with Crippen molar-refractivity contribution >= 4 is 23.5 Å². The van der Waals surface area contributed by atoms with E-state index in [0.29, 0.717) is 18.7 Å². The zero-order valence-corrected chi connectivity index (χ0v) is 16.4. The number of carbonyl (C=O) groups excluding carboxylic acids is 2. The molecule has 0 radical (unpaired) electrons. The van der Waals surface area contributed by atoms with E-state index in [-0.39, 0.29) is 12.5 Å². The number of anilines is 1. The summed E-state index contributed by atoms with van der Waals surface area (Å²) in [7, 11) is 0. The van der Waals surface area contributed by atoms with Gasteiger partial charge in [0.25, 0.3) is 0 Å². The van der Waals surface area contributed by atoms with Gasteiger partial charge in [0.15, 0.2) is 0 Å². The molecule has 1 heterocycles. The van der Waals surface area contributed by atoms with Crippen molar-refractivity contribution in [2.24, 2.45) is 5.73 Å². The number of carboxylic acid groups (broad SMARTS) is 1. The molecule has 2 unspecified atom stereocenters. The van der Waals surface area contributed by atoms with Crippen molar-refractivity contribution in [2.45, 2.75) is 56.8 Å². The third-order valence-electron chi connectivity index (χ3n) is 4.70. The van der Waals surface area contributed by atoms with Gasteiger partial charge in [-0.1, -0.05) is 25.5 Å². The topological polar surface area (TPSA) is 169 Å². The second-order valence-electron chi connectivity index (χ2n) is 7.07. The van der Waals surface area contributed by atoms with Crippen LogP contribution in [0.4, 0.5) is 5.69 Å². The van der Waals surface area contributed by atoms with Crippen molar-refractivity contribution in [2.75, 3.05) is 12.3 Å². The van der Waals surface area contributed by atoms with Crippen LogP contribution in [-0.4, -0.2) is 47.6 Å². The molecule has 10 heteroatoms. The Hall–Kier alpha value is -2.69. The first-order valence-electron chi connectivity index (χ1n) is 9.63. The molecule has 4 atom stereocenters. The first kappa shape index (κ1) is 22.6. The van der Waals surface area contributed by atoms with Crippen LogP contribution in [0.15, 0.2) is 24.3 Å². The van der Waals surface area contributed by atoms with Crippen LogP contribution in [0.1, 0.15) is 44.2 Å². The number of unbranched alkanes of at least 4 members (excludes halogenated alkanes) is 1. The van der Waals surface area contributed by atoms with E-state index in [4.69, 9.17) is 21.4 Å². The lowest BCUT2D eigenvalue weighted by atomic mass is 10.0. The summed E-state index contributed by atoms with van der Waals surface area (Å²) in [4.78, 5) is 41.4. The van der Waals surface area contributed by atoms with E-state index < -0.39 is 36.0 Å². The summed E-state index contributed by atoms with van der Waals surface area (Å²) in [5.74, 6) is -2.50. The van der Waals surface area contributed by atoms with Gasteiger partial charge in [0.2, 0.25) is 11.8 Å². The van der Waals surface area contributed by atoms with Gasteiger partial charge in [-0.25, -0.2) is 0 Å². The fraction of sp³-hybridized carbons (Fsp3) is 0.526. The van der Waals surface area contributed by atoms with Crippen molar-refractivity contribution in [3.05, 3.63) is 29.8 Å². The molecule has 29 heavy (non-hydrogen) atoms. The molecular weight excluding hydrogens is 378 g/mol. The van der Waals surface area contributed by atoms with E-state index in [0.717, 1.165) is 18.4 Å². The van der Waals surface area contributed by atoms with Gasteiger partial charge < -0.3 is 27.2 Å². The smallest absolute Gasteiger partial charge is 0.323 e. The van der Waals surface area contributed by atoms with Gasteiger partial charge in [-0.3, -0.25) is 19.2 Å². The summed E-state index contributed by atoms with van der Waals surface area (Å²) >= 11 is 0. The van der Waals surface area contributed by atoms with Crippen molar-refractivity contribution in [1.29, 1.82) is 0 Å². The van der Waals surface area contributed by atoms with Gasteiger partial charge >= 0.3 is 5.97 Å². The van der Waals surface area contributed by atoms with Gasteiger partial charge in [0, 0.05) is 12.2 Å². The lowest BCUT2D eigenvalue weighted by Gasteiger charge is -2.22. The highest BCUT2D eigenvalue weighted by molar-refractivity contribution is 5.93. The van der Waals surface area contributed by atoms with E-state index in [2.05, 4.69) is 16.1 Å². The maximum absolute atomic E-state index is 12.4. The van der Waals surface area contributed by atoms with Gasteiger partial charge in [-0.05, 0) is 30.5 Å². The largest absolute Gasteiger partial charge is 0.480 e. The van der Waals surface area contributed by atoms with E-state index >= 15 is 0 Å². The number of nitrogen functional groups attached to an aromatic ring is 1. The Bertz CT molecular complexity index is 711. The molecule has 1 aliphatic rings. The molecule has 10 nitrogen and oxygen atoms in total. The van der Waals surface area contributed by atoms with E-state index in [9.17, 15) is 14.4 Å². The molecule has 8 N–H and O–H groups in total. The van der Waals surface area contributed by atoms with Crippen LogP contribution in [0.3, 0.4) is 0 Å².